The summed E-state index contributed by atoms with van der Waals surface area (Å²) in [4.78, 5) is 0. The first-order chi connectivity index (χ1) is 9.78. The first-order valence-electron chi connectivity index (χ1n) is 6.81. The van der Waals surface area contributed by atoms with Gasteiger partial charge in [0.2, 0.25) is 0 Å². The molecule has 2 atom stereocenters. The maximum Gasteiger partial charge on any atom is 0.186 e. The number of hydrogen-bond donors (Lipinski definition) is 1. The number of fused-ring (bicyclic) bond motifs is 1. The van der Waals surface area contributed by atoms with E-state index >= 15 is 0 Å². The van der Waals surface area contributed by atoms with E-state index in [0.717, 1.165) is 36.0 Å². The Morgan fingerprint density at radius 1 is 1.35 bits per heavy atom. The van der Waals surface area contributed by atoms with Crippen LogP contribution in [0.1, 0.15) is 25.5 Å². The molecule has 0 radical (unpaired) electrons. The molecular formula is C15H16N4O. The predicted octanol–water partition coefficient (Wildman–Crippen LogP) is 2.48. The summed E-state index contributed by atoms with van der Waals surface area (Å²) in [5.74, 6) is 0. The molecule has 20 heavy (non-hydrogen) atoms. The lowest BCUT2D eigenvalue weighted by Gasteiger charge is -2.29. The minimum atomic E-state index is 0.243. The highest BCUT2D eigenvalue weighted by atomic mass is 16.5. The Labute approximate surface area is 117 Å². The fourth-order valence-electron chi connectivity index (χ4n) is 2.61. The van der Waals surface area contributed by atoms with Crippen molar-refractivity contribution in [3.05, 3.63) is 30.0 Å². The predicted molar refractivity (Wildman–Crippen MR) is 76.3 cm³/mol. The van der Waals surface area contributed by atoms with Crippen LogP contribution in [0, 0.1) is 11.3 Å². The summed E-state index contributed by atoms with van der Waals surface area (Å²) < 4.78 is 5.56. The van der Waals surface area contributed by atoms with E-state index in [1.165, 1.54) is 0 Å². The van der Waals surface area contributed by atoms with Crippen molar-refractivity contribution in [1.29, 1.82) is 5.26 Å². The van der Waals surface area contributed by atoms with Gasteiger partial charge in [-0.15, -0.1) is 10.2 Å². The number of aromatic nitrogens is 2. The van der Waals surface area contributed by atoms with Crippen molar-refractivity contribution in [2.45, 2.75) is 31.9 Å². The molecule has 102 valence electrons. The summed E-state index contributed by atoms with van der Waals surface area (Å²) in [5.41, 5.74) is 1.94. The van der Waals surface area contributed by atoms with Crippen LogP contribution < -0.4 is 5.32 Å². The Kier molecular flexibility index (Phi) is 3.48. The number of rotatable bonds is 2. The molecule has 1 aromatic heterocycles. The van der Waals surface area contributed by atoms with Crippen molar-refractivity contribution >= 4 is 16.6 Å². The van der Waals surface area contributed by atoms with Crippen LogP contribution in [0.25, 0.3) is 10.9 Å². The smallest absolute Gasteiger partial charge is 0.186 e. The average molecular weight is 268 g/mol. The summed E-state index contributed by atoms with van der Waals surface area (Å²) >= 11 is 0. The van der Waals surface area contributed by atoms with Gasteiger partial charge >= 0.3 is 0 Å². The molecule has 1 N–H and O–H groups in total. The number of ether oxygens (including phenoxy) is 1. The standard InChI is InChI=1S/C15H16N4O/c1-10-8-11(6-7-20-10)17-15-12-4-2-3-5-13(12)18-19-14(15)9-16/h2-5,10-11H,6-8H2,1H3,(H,17,18). The molecule has 0 spiro atoms. The van der Waals surface area contributed by atoms with Gasteiger partial charge in [0.1, 0.15) is 6.07 Å². The SMILES string of the molecule is CC1CC(Nc2c(C#N)nnc3ccccc23)CCO1. The van der Waals surface area contributed by atoms with Gasteiger partial charge in [-0.1, -0.05) is 18.2 Å². The van der Waals surface area contributed by atoms with Gasteiger partial charge in [-0.3, -0.25) is 0 Å². The van der Waals surface area contributed by atoms with E-state index in [1.54, 1.807) is 0 Å². The Morgan fingerprint density at radius 2 is 2.20 bits per heavy atom. The van der Waals surface area contributed by atoms with Gasteiger partial charge in [0, 0.05) is 18.0 Å². The van der Waals surface area contributed by atoms with Gasteiger partial charge in [-0.2, -0.15) is 5.26 Å². The summed E-state index contributed by atoms with van der Waals surface area (Å²) in [6, 6.07) is 10.2. The average Bonchev–Trinajstić information content (AvgIpc) is 2.48. The highest BCUT2D eigenvalue weighted by Gasteiger charge is 2.21. The Morgan fingerprint density at radius 3 is 3.00 bits per heavy atom. The lowest BCUT2D eigenvalue weighted by atomic mass is 10.0. The van der Waals surface area contributed by atoms with E-state index in [0.29, 0.717) is 11.7 Å². The molecular weight excluding hydrogens is 252 g/mol. The molecule has 1 aromatic carbocycles. The van der Waals surface area contributed by atoms with Gasteiger partial charge in [0.05, 0.1) is 17.3 Å². The lowest BCUT2D eigenvalue weighted by molar-refractivity contribution is 0.0232. The molecule has 1 aliphatic heterocycles. The van der Waals surface area contributed by atoms with Crippen LogP contribution in [-0.4, -0.2) is 29.0 Å². The highest BCUT2D eigenvalue weighted by molar-refractivity contribution is 5.92. The molecule has 1 fully saturated rings. The van der Waals surface area contributed by atoms with Crippen molar-refractivity contribution < 1.29 is 4.74 Å². The number of hydrogen-bond acceptors (Lipinski definition) is 5. The van der Waals surface area contributed by atoms with Gasteiger partial charge in [-0.05, 0) is 25.8 Å². The minimum Gasteiger partial charge on any atom is -0.379 e. The van der Waals surface area contributed by atoms with Crippen LogP contribution in [0.5, 0.6) is 0 Å². The van der Waals surface area contributed by atoms with Gasteiger partial charge in [-0.25, -0.2) is 0 Å². The van der Waals surface area contributed by atoms with Crippen LogP contribution in [0.4, 0.5) is 5.69 Å². The number of nitrogens with zero attached hydrogens (tertiary/aromatic N) is 3. The second-order valence-corrected chi connectivity index (χ2v) is 5.10. The molecule has 0 bridgehead atoms. The largest absolute Gasteiger partial charge is 0.379 e. The van der Waals surface area contributed by atoms with Crippen LogP contribution in [0.2, 0.25) is 0 Å². The third-order valence-electron chi connectivity index (χ3n) is 3.61. The van der Waals surface area contributed by atoms with Crippen molar-refractivity contribution in [2.75, 3.05) is 11.9 Å². The molecule has 1 aliphatic rings. The van der Waals surface area contributed by atoms with Crippen LogP contribution in [-0.2, 0) is 4.74 Å². The van der Waals surface area contributed by atoms with Crippen LogP contribution in [0.15, 0.2) is 24.3 Å². The fourth-order valence-corrected chi connectivity index (χ4v) is 2.61. The Hall–Kier alpha value is -2.19. The topological polar surface area (TPSA) is 70.8 Å². The third kappa shape index (κ3) is 2.43. The third-order valence-corrected chi connectivity index (χ3v) is 3.61. The van der Waals surface area contributed by atoms with Crippen LogP contribution >= 0.6 is 0 Å². The Bertz CT molecular complexity index is 664. The van der Waals surface area contributed by atoms with Gasteiger partial charge < -0.3 is 10.1 Å². The summed E-state index contributed by atoms with van der Waals surface area (Å²) in [7, 11) is 0. The zero-order valence-electron chi connectivity index (χ0n) is 11.3. The van der Waals surface area contributed by atoms with E-state index in [2.05, 4.69) is 28.5 Å². The second-order valence-electron chi connectivity index (χ2n) is 5.10. The Balaban J connectivity index is 1.98. The zero-order chi connectivity index (χ0) is 13.9. The summed E-state index contributed by atoms with van der Waals surface area (Å²) in [5, 5.41) is 21.7. The van der Waals surface area contributed by atoms with Crippen molar-refractivity contribution in [3.63, 3.8) is 0 Å². The van der Waals surface area contributed by atoms with E-state index < -0.39 is 0 Å². The molecule has 2 aromatic rings. The van der Waals surface area contributed by atoms with E-state index in [4.69, 9.17) is 4.74 Å². The minimum absolute atomic E-state index is 0.243. The van der Waals surface area contributed by atoms with E-state index in [-0.39, 0.29) is 6.10 Å². The zero-order valence-corrected chi connectivity index (χ0v) is 11.3. The summed E-state index contributed by atoms with van der Waals surface area (Å²) in [6.45, 7) is 2.82. The quantitative estimate of drug-likeness (QED) is 0.906. The monoisotopic (exact) mass is 268 g/mol. The van der Waals surface area contributed by atoms with E-state index in [1.807, 2.05) is 24.3 Å². The first-order valence-corrected chi connectivity index (χ1v) is 6.81. The molecule has 1 saturated heterocycles. The van der Waals surface area contributed by atoms with Gasteiger partial charge in [0.25, 0.3) is 0 Å². The summed E-state index contributed by atoms with van der Waals surface area (Å²) in [6.07, 6.45) is 2.11. The molecule has 2 heterocycles. The molecule has 0 saturated carbocycles. The number of nitriles is 1. The second kappa shape index (κ2) is 5.43. The first kappa shape index (κ1) is 12.8. The maximum atomic E-state index is 9.24. The highest BCUT2D eigenvalue weighted by Crippen LogP contribution is 2.27. The van der Waals surface area contributed by atoms with Crippen molar-refractivity contribution in [2.24, 2.45) is 0 Å². The molecule has 5 nitrogen and oxygen atoms in total. The molecule has 0 aliphatic carbocycles. The number of nitrogens with one attached hydrogen (secondary N) is 1. The van der Waals surface area contributed by atoms with E-state index in [9.17, 15) is 5.26 Å². The van der Waals surface area contributed by atoms with Crippen LogP contribution in [0.3, 0.4) is 0 Å². The van der Waals surface area contributed by atoms with Crippen molar-refractivity contribution in [1.82, 2.24) is 10.2 Å². The van der Waals surface area contributed by atoms with Crippen molar-refractivity contribution in [3.8, 4) is 6.07 Å². The normalized spacial score (nSPS) is 22.4. The molecule has 5 heteroatoms. The number of benzene rings is 1. The molecule has 2 unspecified atom stereocenters. The molecule has 0 amide bonds. The van der Waals surface area contributed by atoms with Gasteiger partial charge in [0.15, 0.2) is 5.69 Å². The molecule has 3 rings (SSSR count). The maximum absolute atomic E-state index is 9.24. The lowest BCUT2D eigenvalue weighted by Crippen LogP contribution is -2.32. The fraction of sp³-hybridized carbons (Fsp3) is 0.400. The number of anilines is 1.